The maximum atomic E-state index is 10.9. The van der Waals surface area contributed by atoms with E-state index in [0.717, 1.165) is 23.3 Å². The molecular formula is C13H16N2O2. The molecule has 0 saturated heterocycles. The lowest BCUT2D eigenvalue weighted by Gasteiger charge is -2.11. The molecule has 0 bridgehead atoms. The highest BCUT2D eigenvalue weighted by atomic mass is 16.4. The number of para-hydroxylation sites is 2. The summed E-state index contributed by atoms with van der Waals surface area (Å²) in [7, 11) is 0. The van der Waals surface area contributed by atoms with E-state index in [0.29, 0.717) is 6.54 Å². The number of nitrogens with zero attached hydrogens (tertiary/aromatic N) is 2. The lowest BCUT2D eigenvalue weighted by Crippen LogP contribution is -2.18. The zero-order valence-electron chi connectivity index (χ0n) is 10.1. The molecule has 0 amide bonds. The molecule has 1 aromatic heterocycles. The third-order valence-electron chi connectivity index (χ3n) is 2.93. The highest BCUT2D eigenvalue weighted by Gasteiger charge is 2.16. The summed E-state index contributed by atoms with van der Waals surface area (Å²) in [6, 6.07) is 7.83. The van der Waals surface area contributed by atoms with Crippen LogP contribution in [0, 0.1) is 5.92 Å². The summed E-state index contributed by atoms with van der Waals surface area (Å²) in [5.41, 5.74) is 1.94. The number of benzene rings is 1. The molecule has 0 saturated carbocycles. The molecule has 0 aliphatic carbocycles. The van der Waals surface area contributed by atoms with Gasteiger partial charge < -0.3 is 9.67 Å². The monoisotopic (exact) mass is 232 g/mol. The molecule has 17 heavy (non-hydrogen) atoms. The van der Waals surface area contributed by atoms with Crippen LogP contribution in [0.3, 0.4) is 0 Å². The molecule has 4 nitrogen and oxygen atoms in total. The average Bonchev–Trinajstić information content (AvgIpc) is 2.67. The van der Waals surface area contributed by atoms with Crippen LogP contribution < -0.4 is 0 Å². The van der Waals surface area contributed by atoms with Gasteiger partial charge in [0.15, 0.2) is 0 Å². The van der Waals surface area contributed by atoms with Gasteiger partial charge in [0.2, 0.25) is 0 Å². The second-order valence-electron chi connectivity index (χ2n) is 4.22. The number of fused-ring (bicyclic) bond motifs is 1. The van der Waals surface area contributed by atoms with Gasteiger partial charge in [-0.2, -0.15) is 0 Å². The van der Waals surface area contributed by atoms with Crippen molar-refractivity contribution in [2.24, 2.45) is 5.92 Å². The van der Waals surface area contributed by atoms with Crippen molar-refractivity contribution < 1.29 is 9.90 Å². The normalized spacial score (nSPS) is 12.8. The first kappa shape index (κ1) is 11.6. The molecule has 1 aromatic carbocycles. The standard InChI is InChI=1S/C13H16N2O2/c1-3-12-14-10-6-4-5-7-11(10)15(12)8-9(2)13(16)17/h4-7,9H,3,8H2,1-2H3,(H,16,17)/t9-/m1/s1. The molecule has 0 fully saturated rings. The van der Waals surface area contributed by atoms with Crippen LogP contribution >= 0.6 is 0 Å². The minimum Gasteiger partial charge on any atom is -0.481 e. The molecule has 0 aliphatic rings. The minimum atomic E-state index is -0.773. The number of rotatable bonds is 4. The van der Waals surface area contributed by atoms with E-state index in [1.54, 1.807) is 6.92 Å². The van der Waals surface area contributed by atoms with E-state index in [2.05, 4.69) is 4.98 Å². The Morgan fingerprint density at radius 3 is 2.82 bits per heavy atom. The molecule has 0 spiro atoms. The quantitative estimate of drug-likeness (QED) is 0.880. The van der Waals surface area contributed by atoms with E-state index < -0.39 is 11.9 Å². The van der Waals surface area contributed by atoms with Crippen LogP contribution in [0.15, 0.2) is 24.3 Å². The van der Waals surface area contributed by atoms with Gasteiger partial charge in [0.05, 0.1) is 17.0 Å². The average molecular weight is 232 g/mol. The van der Waals surface area contributed by atoms with Gasteiger partial charge in [-0.15, -0.1) is 0 Å². The molecule has 90 valence electrons. The number of aliphatic carboxylic acids is 1. The number of aryl methyl sites for hydroxylation is 1. The number of aromatic nitrogens is 2. The third kappa shape index (κ3) is 2.16. The van der Waals surface area contributed by atoms with Crippen LogP contribution in [0.5, 0.6) is 0 Å². The van der Waals surface area contributed by atoms with E-state index in [4.69, 9.17) is 5.11 Å². The molecule has 1 N–H and O–H groups in total. The summed E-state index contributed by atoms with van der Waals surface area (Å²) in [4.78, 5) is 15.4. The Hall–Kier alpha value is -1.84. The van der Waals surface area contributed by atoms with Gasteiger partial charge in [-0.3, -0.25) is 4.79 Å². The van der Waals surface area contributed by atoms with Gasteiger partial charge >= 0.3 is 5.97 Å². The summed E-state index contributed by atoms with van der Waals surface area (Å²) >= 11 is 0. The van der Waals surface area contributed by atoms with Crippen molar-refractivity contribution in [3.8, 4) is 0 Å². The summed E-state index contributed by atoms with van der Waals surface area (Å²) in [6.07, 6.45) is 0.807. The smallest absolute Gasteiger partial charge is 0.308 e. The lowest BCUT2D eigenvalue weighted by molar-refractivity contribution is -0.141. The van der Waals surface area contributed by atoms with Gasteiger partial charge in [-0.25, -0.2) is 4.98 Å². The van der Waals surface area contributed by atoms with Crippen molar-refractivity contribution >= 4 is 17.0 Å². The van der Waals surface area contributed by atoms with Crippen LogP contribution in [0.25, 0.3) is 11.0 Å². The fourth-order valence-electron chi connectivity index (χ4n) is 1.95. The van der Waals surface area contributed by atoms with Crippen molar-refractivity contribution in [1.82, 2.24) is 9.55 Å². The Bertz CT molecular complexity index is 545. The summed E-state index contributed by atoms with van der Waals surface area (Å²) < 4.78 is 2.01. The Labute approximate surface area is 99.9 Å². The van der Waals surface area contributed by atoms with Crippen molar-refractivity contribution in [1.29, 1.82) is 0 Å². The Kier molecular flexibility index (Phi) is 3.13. The maximum Gasteiger partial charge on any atom is 0.308 e. The predicted molar refractivity (Wildman–Crippen MR) is 65.9 cm³/mol. The summed E-state index contributed by atoms with van der Waals surface area (Å²) in [5.74, 6) is -0.234. The zero-order valence-corrected chi connectivity index (χ0v) is 10.1. The van der Waals surface area contributed by atoms with Crippen LogP contribution in [-0.4, -0.2) is 20.6 Å². The topological polar surface area (TPSA) is 55.1 Å². The Balaban J connectivity index is 2.46. The first-order chi connectivity index (χ1) is 8.13. The van der Waals surface area contributed by atoms with Crippen LogP contribution in [0.4, 0.5) is 0 Å². The number of carboxylic acid groups (broad SMARTS) is 1. The van der Waals surface area contributed by atoms with Gasteiger partial charge in [-0.05, 0) is 12.1 Å². The van der Waals surface area contributed by atoms with Crippen molar-refractivity contribution in [3.63, 3.8) is 0 Å². The number of hydrogen-bond donors (Lipinski definition) is 1. The van der Waals surface area contributed by atoms with Gasteiger partial charge in [-0.1, -0.05) is 26.0 Å². The lowest BCUT2D eigenvalue weighted by atomic mass is 10.2. The van der Waals surface area contributed by atoms with Gasteiger partial charge in [0.25, 0.3) is 0 Å². The number of carboxylic acids is 1. The third-order valence-corrected chi connectivity index (χ3v) is 2.93. The highest BCUT2D eigenvalue weighted by Crippen LogP contribution is 2.18. The molecular weight excluding hydrogens is 216 g/mol. The minimum absolute atomic E-state index is 0.405. The van der Waals surface area contributed by atoms with Crippen LogP contribution in [-0.2, 0) is 17.8 Å². The van der Waals surface area contributed by atoms with E-state index in [1.807, 2.05) is 35.8 Å². The number of imidazole rings is 1. The summed E-state index contributed by atoms with van der Waals surface area (Å²) in [5, 5.41) is 8.98. The second-order valence-corrected chi connectivity index (χ2v) is 4.22. The molecule has 2 aromatic rings. The molecule has 2 rings (SSSR count). The molecule has 0 unspecified atom stereocenters. The highest BCUT2D eigenvalue weighted by molar-refractivity contribution is 5.76. The van der Waals surface area contributed by atoms with E-state index in [1.165, 1.54) is 0 Å². The molecule has 0 radical (unpaired) electrons. The fourth-order valence-corrected chi connectivity index (χ4v) is 1.95. The first-order valence-electron chi connectivity index (χ1n) is 5.80. The van der Waals surface area contributed by atoms with Gasteiger partial charge in [0, 0.05) is 13.0 Å². The molecule has 0 aliphatic heterocycles. The van der Waals surface area contributed by atoms with E-state index in [9.17, 15) is 4.79 Å². The first-order valence-corrected chi connectivity index (χ1v) is 5.80. The van der Waals surface area contributed by atoms with Crippen molar-refractivity contribution in [2.75, 3.05) is 0 Å². The summed E-state index contributed by atoms with van der Waals surface area (Å²) in [6.45, 7) is 4.22. The zero-order chi connectivity index (χ0) is 12.4. The number of hydrogen-bond acceptors (Lipinski definition) is 2. The second kappa shape index (κ2) is 4.57. The fraction of sp³-hybridized carbons (Fsp3) is 0.385. The largest absolute Gasteiger partial charge is 0.481 e. The van der Waals surface area contributed by atoms with E-state index >= 15 is 0 Å². The number of carbonyl (C=O) groups is 1. The Morgan fingerprint density at radius 2 is 2.18 bits per heavy atom. The van der Waals surface area contributed by atoms with E-state index in [-0.39, 0.29) is 0 Å². The Morgan fingerprint density at radius 1 is 1.47 bits per heavy atom. The predicted octanol–water partition coefficient (Wildman–Crippen LogP) is 2.32. The van der Waals surface area contributed by atoms with Crippen molar-refractivity contribution in [3.05, 3.63) is 30.1 Å². The maximum absolute atomic E-state index is 10.9. The molecule has 1 heterocycles. The van der Waals surface area contributed by atoms with Gasteiger partial charge in [0.1, 0.15) is 5.82 Å². The molecule has 4 heteroatoms. The van der Waals surface area contributed by atoms with Crippen LogP contribution in [0.1, 0.15) is 19.7 Å². The van der Waals surface area contributed by atoms with Crippen molar-refractivity contribution in [2.45, 2.75) is 26.8 Å². The SMILES string of the molecule is CCc1nc2ccccc2n1C[C@@H](C)C(=O)O. The molecule has 1 atom stereocenters. The van der Waals surface area contributed by atoms with Crippen LogP contribution in [0.2, 0.25) is 0 Å².